The Kier molecular flexibility index (Phi) is 2.93. The average molecular weight is 247 g/mol. The van der Waals surface area contributed by atoms with E-state index in [2.05, 4.69) is 18.3 Å². The Balaban J connectivity index is 1.90. The van der Waals surface area contributed by atoms with Crippen LogP contribution in [0, 0.1) is 12.7 Å². The smallest absolute Gasteiger partial charge is 0.126 e. The summed E-state index contributed by atoms with van der Waals surface area (Å²) in [5, 5.41) is 3.52. The minimum atomic E-state index is -0.0572. The summed E-state index contributed by atoms with van der Waals surface area (Å²) in [6.07, 6.45) is 6.27. The highest BCUT2D eigenvalue weighted by molar-refractivity contribution is 5.41. The van der Waals surface area contributed by atoms with Gasteiger partial charge in [0.15, 0.2) is 0 Å². The molecule has 1 N–H and O–H groups in total. The normalized spacial score (nSPS) is 21.1. The highest BCUT2D eigenvalue weighted by Gasteiger charge is 2.43. The van der Waals surface area contributed by atoms with E-state index in [-0.39, 0.29) is 5.82 Å². The van der Waals surface area contributed by atoms with E-state index in [0.717, 1.165) is 12.1 Å². The van der Waals surface area contributed by atoms with E-state index in [4.69, 9.17) is 0 Å². The lowest BCUT2D eigenvalue weighted by Gasteiger charge is -2.19. The maximum Gasteiger partial charge on any atom is 0.126 e. The lowest BCUT2D eigenvalue weighted by molar-refractivity contribution is 0.593. The van der Waals surface area contributed by atoms with Crippen LogP contribution in [0.4, 0.5) is 4.39 Å². The molecule has 0 bridgehead atoms. The van der Waals surface area contributed by atoms with E-state index in [9.17, 15) is 4.39 Å². The molecule has 0 aliphatic heterocycles. The first kappa shape index (κ1) is 12.2. The molecule has 0 heterocycles. The SMILES string of the molecule is CCC1(c2cc(C)c(F)cc2CNC2CC2)CC1. The van der Waals surface area contributed by atoms with Gasteiger partial charge in [0.25, 0.3) is 0 Å². The molecule has 1 aromatic carbocycles. The Labute approximate surface area is 109 Å². The molecule has 3 rings (SSSR count). The van der Waals surface area contributed by atoms with Gasteiger partial charge in [0.2, 0.25) is 0 Å². The fourth-order valence-electron chi connectivity index (χ4n) is 2.87. The van der Waals surface area contributed by atoms with Crippen LogP contribution < -0.4 is 5.32 Å². The summed E-state index contributed by atoms with van der Waals surface area (Å²) in [7, 11) is 0. The monoisotopic (exact) mass is 247 g/mol. The van der Waals surface area contributed by atoms with Crippen LogP contribution in [0.25, 0.3) is 0 Å². The molecule has 0 spiro atoms. The average Bonchev–Trinajstić information content (AvgIpc) is 3.25. The van der Waals surface area contributed by atoms with Crippen molar-refractivity contribution in [1.29, 1.82) is 0 Å². The van der Waals surface area contributed by atoms with Crippen LogP contribution in [-0.2, 0) is 12.0 Å². The Morgan fingerprint density at radius 2 is 2.06 bits per heavy atom. The van der Waals surface area contributed by atoms with Gasteiger partial charge in [0.1, 0.15) is 5.82 Å². The highest BCUT2D eigenvalue weighted by Crippen LogP contribution is 2.52. The Hall–Kier alpha value is -0.890. The Bertz CT molecular complexity index is 458. The summed E-state index contributed by atoms with van der Waals surface area (Å²) in [5.74, 6) is -0.0572. The summed E-state index contributed by atoms with van der Waals surface area (Å²) in [6.45, 7) is 4.96. The molecule has 0 amide bonds. The largest absolute Gasteiger partial charge is 0.310 e. The maximum atomic E-state index is 13.8. The van der Waals surface area contributed by atoms with Gasteiger partial charge in [-0.15, -0.1) is 0 Å². The highest BCUT2D eigenvalue weighted by atomic mass is 19.1. The van der Waals surface area contributed by atoms with Crippen molar-refractivity contribution in [2.75, 3.05) is 0 Å². The van der Waals surface area contributed by atoms with Crippen LogP contribution in [-0.4, -0.2) is 6.04 Å². The molecule has 2 aliphatic carbocycles. The molecule has 0 radical (unpaired) electrons. The van der Waals surface area contributed by atoms with E-state index >= 15 is 0 Å². The van der Waals surface area contributed by atoms with Gasteiger partial charge in [-0.3, -0.25) is 0 Å². The lowest BCUT2D eigenvalue weighted by atomic mass is 9.87. The van der Waals surface area contributed by atoms with E-state index in [1.165, 1.54) is 43.2 Å². The van der Waals surface area contributed by atoms with Crippen molar-refractivity contribution in [3.8, 4) is 0 Å². The topological polar surface area (TPSA) is 12.0 Å². The zero-order valence-corrected chi connectivity index (χ0v) is 11.4. The molecule has 2 heteroatoms. The summed E-state index contributed by atoms with van der Waals surface area (Å²) in [4.78, 5) is 0. The van der Waals surface area contributed by atoms with Crippen LogP contribution in [0.2, 0.25) is 0 Å². The molecule has 2 saturated carbocycles. The second-order valence-electron chi connectivity index (χ2n) is 6.05. The van der Waals surface area contributed by atoms with Gasteiger partial charge in [-0.05, 0) is 67.2 Å². The van der Waals surface area contributed by atoms with Crippen molar-refractivity contribution < 1.29 is 4.39 Å². The summed E-state index contributed by atoms with van der Waals surface area (Å²) in [6, 6.07) is 4.53. The van der Waals surface area contributed by atoms with Crippen LogP contribution >= 0.6 is 0 Å². The van der Waals surface area contributed by atoms with Crippen molar-refractivity contribution in [3.05, 3.63) is 34.6 Å². The quantitative estimate of drug-likeness (QED) is 0.834. The van der Waals surface area contributed by atoms with E-state index in [1.807, 2.05) is 6.92 Å². The van der Waals surface area contributed by atoms with Gasteiger partial charge >= 0.3 is 0 Å². The van der Waals surface area contributed by atoms with Gasteiger partial charge in [0.05, 0.1) is 0 Å². The first-order chi connectivity index (χ1) is 8.64. The van der Waals surface area contributed by atoms with Crippen molar-refractivity contribution >= 4 is 0 Å². The van der Waals surface area contributed by atoms with Gasteiger partial charge in [-0.25, -0.2) is 4.39 Å². The van der Waals surface area contributed by atoms with Crippen LogP contribution in [0.1, 0.15) is 55.7 Å². The summed E-state index contributed by atoms with van der Waals surface area (Å²) in [5.41, 5.74) is 3.74. The van der Waals surface area contributed by atoms with Crippen molar-refractivity contribution in [2.45, 2.75) is 64.0 Å². The lowest BCUT2D eigenvalue weighted by Crippen LogP contribution is -2.19. The van der Waals surface area contributed by atoms with E-state index < -0.39 is 0 Å². The second-order valence-corrected chi connectivity index (χ2v) is 6.05. The first-order valence-electron chi connectivity index (χ1n) is 7.17. The Morgan fingerprint density at radius 1 is 1.33 bits per heavy atom. The van der Waals surface area contributed by atoms with Gasteiger partial charge < -0.3 is 5.32 Å². The molecule has 0 saturated heterocycles. The van der Waals surface area contributed by atoms with Gasteiger partial charge in [-0.1, -0.05) is 13.0 Å². The minimum absolute atomic E-state index is 0.0572. The summed E-state index contributed by atoms with van der Waals surface area (Å²) < 4.78 is 13.8. The standard InChI is InChI=1S/C16H22FN/c1-3-16(6-7-16)14-8-11(2)15(17)9-12(14)10-18-13-4-5-13/h8-9,13,18H,3-7,10H2,1-2H3. The third kappa shape index (κ3) is 2.18. The van der Waals surface area contributed by atoms with Gasteiger partial charge in [-0.2, -0.15) is 0 Å². The number of hydrogen-bond acceptors (Lipinski definition) is 1. The molecule has 0 unspecified atom stereocenters. The predicted octanol–water partition coefficient (Wildman–Crippen LogP) is 3.83. The first-order valence-corrected chi connectivity index (χ1v) is 7.17. The number of benzene rings is 1. The number of hydrogen-bond donors (Lipinski definition) is 1. The fraction of sp³-hybridized carbons (Fsp3) is 0.625. The molecule has 2 fully saturated rings. The fourth-order valence-corrected chi connectivity index (χ4v) is 2.87. The maximum absolute atomic E-state index is 13.8. The van der Waals surface area contributed by atoms with Crippen LogP contribution in [0.3, 0.4) is 0 Å². The predicted molar refractivity (Wildman–Crippen MR) is 72.2 cm³/mol. The molecule has 1 nitrogen and oxygen atoms in total. The minimum Gasteiger partial charge on any atom is -0.310 e. The second kappa shape index (κ2) is 4.34. The molecule has 1 aromatic rings. The van der Waals surface area contributed by atoms with E-state index in [1.54, 1.807) is 6.07 Å². The van der Waals surface area contributed by atoms with Crippen LogP contribution in [0.5, 0.6) is 0 Å². The third-order valence-corrected chi connectivity index (χ3v) is 4.64. The zero-order chi connectivity index (χ0) is 12.8. The molecular weight excluding hydrogens is 225 g/mol. The molecule has 98 valence electrons. The Morgan fingerprint density at radius 3 is 2.61 bits per heavy atom. The molecule has 2 aliphatic rings. The third-order valence-electron chi connectivity index (χ3n) is 4.64. The number of aryl methyl sites for hydroxylation is 1. The number of nitrogens with one attached hydrogen (secondary N) is 1. The van der Waals surface area contributed by atoms with Crippen molar-refractivity contribution in [1.82, 2.24) is 5.32 Å². The van der Waals surface area contributed by atoms with E-state index in [0.29, 0.717) is 11.5 Å². The molecule has 0 aromatic heterocycles. The van der Waals surface area contributed by atoms with Crippen molar-refractivity contribution in [2.24, 2.45) is 0 Å². The van der Waals surface area contributed by atoms with Crippen molar-refractivity contribution in [3.63, 3.8) is 0 Å². The number of rotatable bonds is 5. The molecular formula is C16H22FN. The summed E-state index contributed by atoms with van der Waals surface area (Å²) >= 11 is 0. The zero-order valence-electron chi connectivity index (χ0n) is 11.4. The molecule has 18 heavy (non-hydrogen) atoms. The molecule has 0 atom stereocenters. The van der Waals surface area contributed by atoms with Crippen LogP contribution in [0.15, 0.2) is 12.1 Å². The number of halogens is 1. The van der Waals surface area contributed by atoms with Gasteiger partial charge in [0, 0.05) is 12.6 Å².